The fraction of sp³-hybridized carbons (Fsp3) is 0.917. The Hall–Kier alpha value is -0.570. The van der Waals surface area contributed by atoms with Gasteiger partial charge in [0.25, 0.3) is 0 Å². The van der Waals surface area contributed by atoms with Crippen molar-refractivity contribution in [1.82, 2.24) is 4.90 Å². The van der Waals surface area contributed by atoms with Gasteiger partial charge >= 0.3 is 0 Å². The summed E-state index contributed by atoms with van der Waals surface area (Å²) in [5.74, 6) is 1.36. The highest BCUT2D eigenvalue weighted by atomic mass is 16.2. The summed E-state index contributed by atoms with van der Waals surface area (Å²) in [4.78, 5) is 14.3. The van der Waals surface area contributed by atoms with Gasteiger partial charge in [0.1, 0.15) is 0 Å². The van der Waals surface area contributed by atoms with Crippen LogP contribution in [0.25, 0.3) is 0 Å². The third-order valence-corrected chi connectivity index (χ3v) is 3.84. The van der Waals surface area contributed by atoms with Crippen LogP contribution in [-0.4, -0.2) is 29.9 Å². The van der Waals surface area contributed by atoms with E-state index in [4.69, 9.17) is 5.73 Å². The lowest BCUT2D eigenvalue weighted by Gasteiger charge is -2.36. The van der Waals surface area contributed by atoms with Gasteiger partial charge in [-0.3, -0.25) is 4.79 Å². The molecule has 0 aromatic rings. The van der Waals surface area contributed by atoms with E-state index in [1.807, 2.05) is 0 Å². The Balaban J connectivity index is 1.94. The molecule has 86 valence electrons. The molecule has 1 heterocycles. The molecule has 3 nitrogen and oxygen atoms in total. The van der Waals surface area contributed by atoms with E-state index in [0.717, 1.165) is 25.8 Å². The highest BCUT2D eigenvalue weighted by Crippen LogP contribution is 2.40. The number of nitrogens with zero attached hydrogens (tertiary/aromatic N) is 1. The summed E-state index contributed by atoms with van der Waals surface area (Å²) in [5.41, 5.74) is 5.60. The second kappa shape index (κ2) is 4.52. The van der Waals surface area contributed by atoms with Gasteiger partial charge in [-0.25, -0.2) is 0 Å². The van der Waals surface area contributed by atoms with Crippen molar-refractivity contribution in [2.24, 2.45) is 17.6 Å². The molecule has 1 aliphatic carbocycles. The average molecular weight is 210 g/mol. The van der Waals surface area contributed by atoms with Crippen molar-refractivity contribution >= 4 is 5.91 Å². The molecule has 3 atom stereocenters. The van der Waals surface area contributed by atoms with E-state index in [2.05, 4.69) is 11.8 Å². The normalized spacial score (nSPS) is 35.3. The van der Waals surface area contributed by atoms with E-state index in [0.29, 0.717) is 30.3 Å². The number of likely N-dealkylation sites (tertiary alicyclic amines) is 1. The SMILES string of the molecule is CC1CC1C(=O)N1CCCCC1CCN. The van der Waals surface area contributed by atoms with Gasteiger partial charge in [-0.05, 0) is 44.6 Å². The molecule has 1 aliphatic heterocycles. The molecule has 3 heteroatoms. The molecule has 0 aromatic heterocycles. The van der Waals surface area contributed by atoms with E-state index in [1.54, 1.807) is 0 Å². The maximum Gasteiger partial charge on any atom is 0.226 e. The molecule has 2 aliphatic rings. The number of piperidine rings is 1. The van der Waals surface area contributed by atoms with Gasteiger partial charge in [-0.1, -0.05) is 6.92 Å². The van der Waals surface area contributed by atoms with Gasteiger partial charge in [-0.15, -0.1) is 0 Å². The molecule has 15 heavy (non-hydrogen) atoms. The van der Waals surface area contributed by atoms with E-state index >= 15 is 0 Å². The van der Waals surface area contributed by atoms with Crippen molar-refractivity contribution in [1.29, 1.82) is 0 Å². The van der Waals surface area contributed by atoms with Crippen molar-refractivity contribution in [3.63, 3.8) is 0 Å². The fourth-order valence-corrected chi connectivity index (χ4v) is 2.66. The first-order valence-electron chi connectivity index (χ1n) is 6.24. The zero-order chi connectivity index (χ0) is 10.8. The van der Waals surface area contributed by atoms with Crippen LogP contribution in [0.2, 0.25) is 0 Å². The molecule has 1 amide bonds. The number of nitrogens with two attached hydrogens (primary N) is 1. The van der Waals surface area contributed by atoms with Crippen molar-refractivity contribution < 1.29 is 4.79 Å². The van der Waals surface area contributed by atoms with Crippen molar-refractivity contribution in [2.75, 3.05) is 13.1 Å². The van der Waals surface area contributed by atoms with E-state index in [1.165, 1.54) is 12.8 Å². The summed E-state index contributed by atoms with van der Waals surface area (Å²) in [6.07, 6.45) is 5.67. The topological polar surface area (TPSA) is 46.3 Å². The minimum Gasteiger partial charge on any atom is -0.339 e. The van der Waals surface area contributed by atoms with Gasteiger partial charge in [0.15, 0.2) is 0 Å². The lowest BCUT2D eigenvalue weighted by atomic mass is 9.98. The Morgan fingerprint density at radius 1 is 1.47 bits per heavy atom. The summed E-state index contributed by atoms with van der Waals surface area (Å²) in [6, 6.07) is 0.434. The number of carbonyl (C=O) groups is 1. The molecule has 1 saturated heterocycles. The van der Waals surface area contributed by atoms with E-state index in [9.17, 15) is 4.79 Å². The number of hydrogen-bond donors (Lipinski definition) is 1. The second-order valence-corrected chi connectivity index (χ2v) is 5.08. The van der Waals surface area contributed by atoms with Crippen molar-refractivity contribution in [3.05, 3.63) is 0 Å². The first kappa shape index (κ1) is 10.9. The van der Waals surface area contributed by atoms with Crippen LogP contribution in [0.5, 0.6) is 0 Å². The maximum absolute atomic E-state index is 12.1. The summed E-state index contributed by atoms with van der Waals surface area (Å²) < 4.78 is 0. The lowest BCUT2D eigenvalue weighted by molar-refractivity contribution is -0.136. The van der Waals surface area contributed by atoms with Gasteiger partial charge in [-0.2, -0.15) is 0 Å². The molecule has 2 N–H and O–H groups in total. The number of rotatable bonds is 3. The van der Waals surface area contributed by atoms with Crippen molar-refractivity contribution in [2.45, 2.75) is 45.1 Å². The van der Waals surface area contributed by atoms with Gasteiger partial charge < -0.3 is 10.6 Å². The Bertz CT molecular complexity index is 240. The van der Waals surface area contributed by atoms with Crippen LogP contribution < -0.4 is 5.73 Å². The quantitative estimate of drug-likeness (QED) is 0.764. The molecular weight excluding hydrogens is 188 g/mol. The molecule has 3 unspecified atom stereocenters. The summed E-state index contributed by atoms with van der Waals surface area (Å²) in [5, 5.41) is 0. The lowest BCUT2D eigenvalue weighted by Crippen LogP contribution is -2.45. The average Bonchev–Trinajstić information content (AvgIpc) is 2.96. The van der Waals surface area contributed by atoms with E-state index in [-0.39, 0.29) is 0 Å². The Labute approximate surface area is 92.0 Å². The third kappa shape index (κ3) is 2.33. The molecule has 0 bridgehead atoms. The predicted octanol–water partition coefficient (Wildman–Crippen LogP) is 1.37. The Morgan fingerprint density at radius 2 is 2.20 bits per heavy atom. The zero-order valence-corrected chi connectivity index (χ0v) is 9.61. The third-order valence-electron chi connectivity index (χ3n) is 3.84. The van der Waals surface area contributed by atoms with Crippen LogP contribution in [0.15, 0.2) is 0 Å². The molecule has 0 radical (unpaired) electrons. The molecule has 2 fully saturated rings. The molecular formula is C12H22N2O. The predicted molar refractivity (Wildman–Crippen MR) is 60.3 cm³/mol. The largest absolute Gasteiger partial charge is 0.339 e. The van der Waals surface area contributed by atoms with Crippen LogP contribution in [0.1, 0.15) is 39.0 Å². The van der Waals surface area contributed by atoms with Gasteiger partial charge in [0.05, 0.1) is 0 Å². The van der Waals surface area contributed by atoms with Crippen LogP contribution in [0.3, 0.4) is 0 Å². The van der Waals surface area contributed by atoms with Crippen LogP contribution in [-0.2, 0) is 4.79 Å². The maximum atomic E-state index is 12.1. The van der Waals surface area contributed by atoms with Gasteiger partial charge in [0, 0.05) is 18.5 Å². The first-order valence-corrected chi connectivity index (χ1v) is 6.24. The summed E-state index contributed by atoms with van der Waals surface area (Å²) in [6.45, 7) is 3.84. The molecule has 0 spiro atoms. The van der Waals surface area contributed by atoms with Crippen LogP contribution in [0.4, 0.5) is 0 Å². The minimum absolute atomic E-state index is 0.336. The zero-order valence-electron chi connectivity index (χ0n) is 9.61. The Morgan fingerprint density at radius 3 is 2.80 bits per heavy atom. The monoisotopic (exact) mass is 210 g/mol. The number of amides is 1. The van der Waals surface area contributed by atoms with Crippen LogP contribution >= 0.6 is 0 Å². The van der Waals surface area contributed by atoms with Crippen molar-refractivity contribution in [3.8, 4) is 0 Å². The molecule has 0 aromatic carbocycles. The number of hydrogen-bond acceptors (Lipinski definition) is 2. The highest BCUT2D eigenvalue weighted by Gasteiger charge is 2.43. The summed E-state index contributed by atoms with van der Waals surface area (Å²) in [7, 11) is 0. The highest BCUT2D eigenvalue weighted by molar-refractivity contribution is 5.82. The summed E-state index contributed by atoms with van der Waals surface area (Å²) >= 11 is 0. The number of carbonyl (C=O) groups excluding carboxylic acids is 1. The Kier molecular flexibility index (Phi) is 3.29. The second-order valence-electron chi connectivity index (χ2n) is 5.08. The van der Waals surface area contributed by atoms with Gasteiger partial charge in [0.2, 0.25) is 5.91 Å². The van der Waals surface area contributed by atoms with Crippen LogP contribution in [0, 0.1) is 11.8 Å². The minimum atomic E-state index is 0.336. The smallest absolute Gasteiger partial charge is 0.226 e. The fourth-order valence-electron chi connectivity index (χ4n) is 2.66. The standard InChI is InChI=1S/C12H22N2O/c1-9-8-11(9)12(15)14-7-3-2-4-10(14)5-6-13/h9-11H,2-8,13H2,1H3. The van der Waals surface area contributed by atoms with E-state index < -0.39 is 0 Å². The molecule has 2 rings (SSSR count). The first-order chi connectivity index (χ1) is 7.24. The molecule has 1 saturated carbocycles.